The molecule has 1 rings (SSSR count). The van der Waals surface area contributed by atoms with Crippen LogP contribution in [0.15, 0.2) is 17.2 Å². The monoisotopic (exact) mass is 295 g/mol. The summed E-state index contributed by atoms with van der Waals surface area (Å²) in [5, 5.41) is 3.52. The van der Waals surface area contributed by atoms with Gasteiger partial charge in [-0.1, -0.05) is 12.2 Å². The van der Waals surface area contributed by atoms with Crippen LogP contribution in [0, 0.1) is 13.8 Å². The van der Waals surface area contributed by atoms with Crippen molar-refractivity contribution in [3.8, 4) is 0 Å². The van der Waals surface area contributed by atoms with Crippen molar-refractivity contribution in [2.24, 2.45) is 0 Å². The Morgan fingerprint density at radius 3 is 2.70 bits per heavy atom. The summed E-state index contributed by atoms with van der Waals surface area (Å²) in [5.74, 6) is 0.513. The van der Waals surface area contributed by atoms with E-state index in [1.807, 2.05) is 27.0 Å². The number of amides is 1. The van der Waals surface area contributed by atoms with Crippen LogP contribution in [0.25, 0.3) is 0 Å². The molecule has 0 aromatic carbocycles. The average molecular weight is 295 g/mol. The second kappa shape index (κ2) is 8.01. The summed E-state index contributed by atoms with van der Waals surface area (Å²) >= 11 is 1.44. The number of nitrogens with zero attached hydrogens (tertiary/aromatic N) is 2. The fraction of sp³-hybridized carbons (Fsp3) is 0.500. The third-order valence-electron chi connectivity index (χ3n) is 2.47. The lowest BCUT2D eigenvalue weighted by Crippen LogP contribution is -2.29. The van der Waals surface area contributed by atoms with Crippen molar-refractivity contribution in [1.82, 2.24) is 15.3 Å². The SMILES string of the molecule is C=C(C)COCCNC(=O)c1c(C)nc(C)nc1SC. The Labute approximate surface area is 124 Å². The lowest BCUT2D eigenvalue weighted by Gasteiger charge is -2.11. The summed E-state index contributed by atoms with van der Waals surface area (Å²) < 4.78 is 5.34. The Balaban J connectivity index is 2.61. The number of thioether (sulfide) groups is 1. The number of aryl methyl sites for hydroxylation is 2. The molecule has 0 atom stereocenters. The second-order valence-electron chi connectivity index (χ2n) is 4.51. The van der Waals surface area contributed by atoms with Crippen molar-refractivity contribution in [2.45, 2.75) is 25.8 Å². The van der Waals surface area contributed by atoms with Gasteiger partial charge in [0, 0.05) is 6.54 Å². The number of hydrogen-bond donors (Lipinski definition) is 1. The van der Waals surface area contributed by atoms with Crippen molar-refractivity contribution < 1.29 is 9.53 Å². The van der Waals surface area contributed by atoms with Gasteiger partial charge in [-0.25, -0.2) is 9.97 Å². The highest BCUT2D eigenvalue weighted by atomic mass is 32.2. The molecule has 5 nitrogen and oxygen atoms in total. The third-order valence-corrected chi connectivity index (χ3v) is 3.15. The average Bonchev–Trinajstić information content (AvgIpc) is 2.36. The van der Waals surface area contributed by atoms with Crippen molar-refractivity contribution in [1.29, 1.82) is 0 Å². The van der Waals surface area contributed by atoms with Crippen LogP contribution in [-0.4, -0.2) is 41.9 Å². The fourth-order valence-corrected chi connectivity index (χ4v) is 2.33. The lowest BCUT2D eigenvalue weighted by atomic mass is 10.2. The highest BCUT2D eigenvalue weighted by molar-refractivity contribution is 7.98. The minimum atomic E-state index is -0.161. The van der Waals surface area contributed by atoms with Crippen LogP contribution in [-0.2, 0) is 4.74 Å². The minimum Gasteiger partial charge on any atom is -0.375 e. The molecule has 1 heterocycles. The largest absolute Gasteiger partial charge is 0.375 e. The van der Waals surface area contributed by atoms with Crippen LogP contribution in [0.1, 0.15) is 28.8 Å². The quantitative estimate of drug-likeness (QED) is 0.361. The van der Waals surface area contributed by atoms with Crippen molar-refractivity contribution >= 4 is 17.7 Å². The highest BCUT2D eigenvalue weighted by Crippen LogP contribution is 2.20. The molecule has 0 fully saturated rings. The molecule has 6 heteroatoms. The molecule has 0 bridgehead atoms. The van der Waals surface area contributed by atoms with Gasteiger partial charge in [0.2, 0.25) is 0 Å². The molecule has 1 aromatic heterocycles. The molecule has 0 saturated carbocycles. The van der Waals surface area contributed by atoms with E-state index in [0.29, 0.717) is 41.9 Å². The molecule has 0 radical (unpaired) electrons. The molecule has 0 aliphatic carbocycles. The van der Waals surface area contributed by atoms with E-state index >= 15 is 0 Å². The summed E-state index contributed by atoms with van der Waals surface area (Å²) in [7, 11) is 0. The van der Waals surface area contributed by atoms with E-state index in [4.69, 9.17) is 4.74 Å². The number of carbonyl (C=O) groups is 1. The zero-order chi connectivity index (χ0) is 15.1. The smallest absolute Gasteiger partial charge is 0.255 e. The molecule has 1 amide bonds. The van der Waals surface area contributed by atoms with Gasteiger partial charge in [-0.3, -0.25) is 4.79 Å². The lowest BCUT2D eigenvalue weighted by molar-refractivity contribution is 0.0922. The van der Waals surface area contributed by atoms with E-state index in [9.17, 15) is 4.79 Å². The van der Waals surface area contributed by atoms with Gasteiger partial charge in [0.15, 0.2) is 0 Å². The van der Waals surface area contributed by atoms with Gasteiger partial charge in [0.05, 0.1) is 24.5 Å². The standard InChI is InChI=1S/C14H21N3O2S/c1-9(2)8-19-7-6-15-13(18)12-10(3)16-11(4)17-14(12)20-5/h1,6-8H2,2-5H3,(H,15,18). The number of carbonyl (C=O) groups excluding carboxylic acids is 1. The van der Waals surface area contributed by atoms with Crippen LogP contribution in [0.3, 0.4) is 0 Å². The van der Waals surface area contributed by atoms with Crippen LogP contribution in [0.2, 0.25) is 0 Å². The van der Waals surface area contributed by atoms with Gasteiger partial charge in [0.25, 0.3) is 5.91 Å². The van der Waals surface area contributed by atoms with E-state index < -0.39 is 0 Å². The maximum Gasteiger partial charge on any atom is 0.255 e. The first-order valence-corrected chi connectivity index (χ1v) is 7.57. The number of hydrogen-bond acceptors (Lipinski definition) is 5. The molecule has 0 unspecified atom stereocenters. The van der Waals surface area contributed by atoms with E-state index in [0.717, 1.165) is 5.57 Å². The molecule has 20 heavy (non-hydrogen) atoms. The van der Waals surface area contributed by atoms with Gasteiger partial charge in [-0.2, -0.15) is 0 Å². The summed E-state index contributed by atoms with van der Waals surface area (Å²) in [6.45, 7) is 10.7. The topological polar surface area (TPSA) is 64.1 Å². The molecule has 0 aliphatic heterocycles. The van der Waals surface area contributed by atoms with Crippen molar-refractivity contribution in [2.75, 3.05) is 26.0 Å². The number of rotatable bonds is 7. The molecule has 0 aliphatic rings. The minimum absolute atomic E-state index is 0.161. The van der Waals surface area contributed by atoms with Gasteiger partial charge in [-0.15, -0.1) is 11.8 Å². The Bertz CT molecular complexity index is 503. The first-order chi connectivity index (χ1) is 9.45. The van der Waals surface area contributed by atoms with Gasteiger partial charge in [-0.05, 0) is 27.0 Å². The van der Waals surface area contributed by atoms with Crippen LogP contribution in [0.5, 0.6) is 0 Å². The first kappa shape index (κ1) is 16.7. The van der Waals surface area contributed by atoms with Crippen molar-refractivity contribution in [3.05, 3.63) is 29.2 Å². The summed E-state index contributed by atoms with van der Waals surface area (Å²) in [6.07, 6.45) is 1.90. The molecule has 110 valence electrons. The maximum absolute atomic E-state index is 12.2. The molecule has 0 spiro atoms. The first-order valence-electron chi connectivity index (χ1n) is 6.35. The van der Waals surface area contributed by atoms with Crippen molar-refractivity contribution in [3.63, 3.8) is 0 Å². The van der Waals surface area contributed by atoms with E-state index in [1.54, 1.807) is 0 Å². The molecular weight excluding hydrogens is 274 g/mol. The second-order valence-corrected chi connectivity index (χ2v) is 5.30. The van der Waals surface area contributed by atoms with Crippen LogP contribution >= 0.6 is 11.8 Å². The molecular formula is C14H21N3O2S. The Morgan fingerprint density at radius 1 is 1.40 bits per heavy atom. The Hall–Kier alpha value is -1.40. The third kappa shape index (κ3) is 4.94. The number of ether oxygens (including phenoxy) is 1. The normalized spacial score (nSPS) is 10.4. The fourth-order valence-electron chi connectivity index (χ4n) is 1.66. The van der Waals surface area contributed by atoms with Gasteiger partial charge in [0.1, 0.15) is 10.9 Å². The molecule has 0 saturated heterocycles. The Kier molecular flexibility index (Phi) is 6.67. The van der Waals surface area contributed by atoms with E-state index in [-0.39, 0.29) is 5.91 Å². The van der Waals surface area contributed by atoms with Gasteiger partial charge >= 0.3 is 0 Å². The van der Waals surface area contributed by atoms with Crippen LogP contribution < -0.4 is 5.32 Å². The zero-order valence-electron chi connectivity index (χ0n) is 12.4. The predicted octanol–water partition coefficient (Wildman–Crippen LogP) is 2.14. The number of aromatic nitrogens is 2. The highest BCUT2D eigenvalue weighted by Gasteiger charge is 2.16. The molecule has 1 N–H and O–H groups in total. The maximum atomic E-state index is 12.2. The van der Waals surface area contributed by atoms with E-state index in [1.165, 1.54) is 11.8 Å². The summed E-state index contributed by atoms with van der Waals surface area (Å²) in [5.41, 5.74) is 2.20. The molecule has 1 aromatic rings. The predicted molar refractivity (Wildman–Crippen MR) is 81.3 cm³/mol. The van der Waals surface area contributed by atoms with Gasteiger partial charge < -0.3 is 10.1 Å². The summed E-state index contributed by atoms with van der Waals surface area (Å²) in [4.78, 5) is 20.7. The van der Waals surface area contributed by atoms with Crippen LogP contribution in [0.4, 0.5) is 0 Å². The number of nitrogens with one attached hydrogen (secondary N) is 1. The van der Waals surface area contributed by atoms with E-state index in [2.05, 4.69) is 21.9 Å². The summed E-state index contributed by atoms with van der Waals surface area (Å²) in [6, 6.07) is 0. The Morgan fingerprint density at radius 2 is 2.10 bits per heavy atom. The zero-order valence-corrected chi connectivity index (χ0v) is 13.3.